The summed E-state index contributed by atoms with van der Waals surface area (Å²) in [6, 6.07) is 8.07. The van der Waals surface area contributed by atoms with Crippen molar-refractivity contribution in [1.82, 2.24) is 5.32 Å². The Morgan fingerprint density at radius 3 is 2.41 bits per heavy atom. The number of halogens is 4. The molecule has 0 aliphatic heterocycles. The van der Waals surface area contributed by atoms with Crippen LogP contribution in [0.15, 0.2) is 42.5 Å². The third-order valence-electron chi connectivity index (χ3n) is 4.36. The molecule has 2 aromatic carbocycles. The van der Waals surface area contributed by atoms with Crippen LogP contribution in [-0.2, 0) is 6.18 Å². The summed E-state index contributed by atoms with van der Waals surface area (Å²) in [6.45, 7) is 1.76. The second kappa shape index (κ2) is 7.46. The Kier molecular flexibility index (Phi) is 5.25. The number of urea groups is 1. The zero-order chi connectivity index (χ0) is 19.6. The number of amides is 2. The van der Waals surface area contributed by atoms with E-state index in [4.69, 9.17) is 4.74 Å². The highest BCUT2D eigenvalue weighted by atomic mass is 19.4. The maximum Gasteiger partial charge on any atom is 0.416 e. The van der Waals surface area contributed by atoms with Crippen LogP contribution in [0.25, 0.3) is 0 Å². The molecule has 0 saturated heterocycles. The zero-order valence-corrected chi connectivity index (χ0v) is 14.4. The molecule has 144 valence electrons. The molecule has 0 unspecified atom stereocenters. The van der Waals surface area contributed by atoms with Gasteiger partial charge in [0.1, 0.15) is 17.7 Å². The van der Waals surface area contributed by atoms with Gasteiger partial charge < -0.3 is 15.4 Å². The minimum Gasteiger partial charge on any atom is -0.490 e. The van der Waals surface area contributed by atoms with Gasteiger partial charge in [0, 0.05) is 24.6 Å². The lowest BCUT2D eigenvalue weighted by Gasteiger charge is -2.35. The quantitative estimate of drug-likeness (QED) is 0.740. The Balaban J connectivity index is 1.44. The van der Waals surface area contributed by atoms with E-state index in [-0.39, 0.29) is 12.1 Å². The maximum absolute atomic E-state index is 13.2. The van der Waals surface area contributed by atoms with E-state index in [1.165, 1.54) is 24.3 Å². The van der Waals surface area contributed by atoms with Crippen molar-refractivity contribution in [3.8, 4) is 5.75 Å². The molecular formula is C19H18F4N2O2. The molecule has 3 rings (SSSR count). The van der Waals surface area contributed by atoms with Gasteiger partial charge in [0.2, 0.25) is 0 Å². The van der Waals surface area contributed by atoms with Crippen molar-refractivity contribution < 1.29 is 27.1 Å². The predicted molar refractivity (Wildman–Crippen MR) is 92.2 cm³/mol. The molecule has 8 heteroatoms. The summed E-state index contributed by atoms with van der Waals surface area (Å²) in [4.78, 5) is 12.0. The molecule has 4 nitrogen and oxygen atoms in total. The molecule has 0 bridgehead atoms. The van der Waals surface area contributed by atoms with Crippen LogP contribution >= 0.6 is 0 Å². The highest BCUT2D eigenvalue weighted by Gasteiger charge is 2.33. The third-order valence-corrected chi connectivity index (χ3v) is 4.36. The molecule has 0 atom stereocenters. The fourth-order valence-corrected chi connectivity index (χ4v) is 2.77. The third kappa shape index (κ3) is 4.90. The second-order valence-corrected chi connectivity index (χ2v) is 6.49. The Morgan fingerprint density at radius 2 is 1.78 bits per heavy atom. The zero-order valence-electron chi connectivity index (χ0n) is 14.4. The number of benzene rings is 2. The summed E-state index contributed by atoms with van der Waals surface area (Å²) in [6.07, 6.45) is -3.48. The summed E-state index contributed by atoms with van der Waals surface area (Å²) in [5, 5.41) is 5.35. The van der Waals surface area contributed by atoms with Crippen molar-refractivity contribution in [2.24, 2.45) is 0 Å². The number of alkyl halides is 3. The van der Waals surface area contributed by atoms with E-state index >= 15 is 0 Å². The first-order chi connectivity index (χ1) is 12.7. The molecule has 1 aliphatic rings. The van der Waals surface area contributed by atoms with Gasteiger partial charge in [-0.25, -0.2) is 9.18 Å². The van der Waals surface area contributed by atoms with Gasteiger partial charge in [0.05, 0.1) is 5.56 Å². The number of nitrogens with one attached hydrogen (secondary N) is 2. The SMILES string of the molecule is Cc1ccc(F)cc1NC(=O)NC1CC(Oc2ccc(C(F)(F)F)cc2)C1. The van der Waals surface area contributed by atoms with Gasteiger partial charge >= 0.3 is 12.2 Å². The molecule has 1 fully saturated rings. The van der Waals surface area contributed by atoms with Gasteiger partial charge in [0.25, 0.3) is 0 Å². The van der Waals surface area contributed by atoms with Crippen LogP contribution in [0.5, 0.6) is 5.75 Å². The summed E-state index contributed by atoms with van der Waals surface area (Å²) >= 11 is 0. The number of rotatable bonds is 4. The van der Waals surface area contributed by atoms with Gasteiger partial charge in [-0.05, 0) is 48.9 Å². The highest BCUT2D eigenvalue weighted by Crippen LogP contribution is 2.32. The van der Waals surface area contributed by atoms with Gasteiger partial charge in [-0.15, -0.1) is 0 Å². The number of hydrogen-bond acceptors (Lipinski definition) is 2. The number of carbonyl (C=O) groups is 1. The molecular weight excluding hydrogens is 364 g/mol. The highest BCUT2D eigenvalue weighted by molar-refractivity contribution is 5.90. The van der Waals surface area contributed by atoms with Crippen LogP contribution in [0.4, 0.5) is 28.0 Å². The number of anilines is 1. The Labute approximate surface area is 153 Å². The second-order valence-electron chi connectivity index (χ2n) is 6.49. The van der Waals surface area contributed by atoms with Crippen LogP contribution in [0.2, 0.25) is 0 Å². The molecule has 2 aromatic rings. The van der Waals surface area contributed by atoms with Crippen LogP contribution in [0.1, 0.15) is 24.0 Å². The Bertz CT molecular complexity index is 815. The Morgan fingerprint density at radius 1 is 1.11 bits per heavy atom. The molecule has 1 saturated carbocycles. The number of hydrogen-bond donors (Lipinski definition) is 2. The normalized spacial score (nSPS) is 19.1. The maximum atomic E-state index is 13.2. The van der Waals surface area contributed by atoms with E-state index < -0.39 is 23.6 Å². The van der Waals surface area contributed by atoms with E-state index in [0.29, 0.717) is 24.3 Å². The summed E-state index contributed by atoms with van der Waals surface area (Å²) in [5.74, 6) is -0.0872. The fourth-order valence-electron chi connectivity index (χ4n) is 2.77. The first-order valence-electron chi connectivity index (χ1n) is 8.38. The lowest BCUT2D eigenvalue weighted by atomic mass is 9.89. The fraction of sp³-hybridized carbons (Fsp3) is 0.316. The molecule has 0 spiro atoms. The molecule has 1 aliphatic carbocycles. The van der Waals surface area contributed by atoms with Crippen LogP contribution < -0.4 is 15.4 Å². The van der Waals surface area contributed by atoms with Gasteiger partial charge in [0.15, 0.2) is 0 Å². The summed E-state index contributed by atoms with van der Waals surface area (Å²) in [7, 11) is 0. The van der Waals surface area contributed by atoms with Gasteiger partial charge in [-0.1, -0.05) is 6.07 Å². The molecule has 2 N–H and O–H groups in total. The van der Waals surface area contributed by atoms with Crippen molar-refractivity contribution in [3.05, 3.63) is 59.4 Å². The van der Waals surface area contributed by atoms with E-state index in [9.17, 15) is 22.4 Å². The molecule has 0 radical (unpaired) electrons. The smallest absolute Gasteiger partial charge is 0.416 e. The van der Waals surface area contributed by atoms with Crippen LogP contribution in [-0.4, -0.2) is 18.2 Å². The van der Waals surface area contributed by atoms with Crippen molar-refractivity contribution in [3.63, 3.8) is 0 Å². The molecule has 2 amide bonds. The van der Waals surface area contributed by atoms with E-state index in [0.717, 1.165) is 17.7 Å². The topological polar surface area (TPSA) is 50.4 Å². The largest absolute Gasteiger partial charge is 0.490 e. The van der Waals surface area contributed by atoms with Gasteiger partial charge in [-0.2, -0.15) is 13.2 Å². The van der Waals surface area contributed by atoms with Crippen molar-refractivity contribution in [2.75, 3.05) is 5.32 Å². The standard InChI is InChI=1S/C19H18F4N2O2/c1-11-2-5-13(20)8-17(11)25-18(26)24-14-9-16(10-14)27-15-6-3-12(4-7-15)19(21,22)23/h2-8,14,16H,9-10H2,1H3,(H2,24,25,26). The first kappa shape index (κ1) is 19.0. The number of aryl methyl sites for hydroxylation is 1. The van der Waals surface area contributed by atoms with E-state index in [1.54, 1.807) is 13.0 Å². The van der Waals surface area contributed by atoms with Crippen molar-refractivity contribution in [1.29, 1.82) is 0 Å². The first-order valence-corrected chi connectivity index (χ1v) is 8.38. The van der Waals surface area contributed by atoms with Gasteiger partial charge in [-0.3, -0.25) is 0 Å². The number of carbonyl (C=O) groups excluding carboxylic acids is 1. The van der Waals surface area contributed by atoms with Crippen molar-refractivity contribution in [2.45, 2.75) is 38.1 Å². The minimum atomic E-state index is -4.38. The lowest BCUT2D eigenvalue weighted by molar-refractivity contribution is -0.137. The molecule has 27 heavy (non-hydrogen) atoms. The van der Waals surface area contributed by atoms with Crippen LogP contribution in [0, 0.1) is 12.7 Å². The summed E-state index contributed by atoms with van der Waals surface area (Å²) < 4.78 is 56.4. The minimum absolute atomic E-state index is 0.113. The average Bonchev–Trinajstić information content (AvgIpc) is 2.56. The molecule has 0 aromatic heterocycles. The van der Waals surface area contributed by atoms with Crippen molar-refractivity contribution >= 4 is 11.7 Å². The lowest BCUT2D eigenvalue weighted by Crippen LogP contribution is -2.50. The average molecular weight is 382 g/mol. The van der Waals surface area contributed by atoms with E-state index in [1.807, 2.05) is 0 Å². The number of ether oxygens (including phenoxy) is 1. The van der Waals surface area contributed by atoms with E-state index in [2.05, 4.69) is 10.6 Å². The van der Waals surface area contributed by atoms with Crippen LogP contribution in [0.3, 0.4) is 0 Å². The summed E-state index contributed by atoms with van der Waals surface area (Å²) in [5.41, 5.74) is 0.403. The Hall–Kier alpha value is -2.77. The molecule has 0 heterocycles. The predicted octanol–water partition coefficient (Wildman–Crippen LogP) is 4.88. The monoisotopic (exact) mass is 382 g/mol.